The van der Waals surface area contributed by atoms with Crippen LogP contribution in [0.2, 0.25) is 0 Å². The van der Waals surface area contributed by atoms with E-state index in [4.69, 9.17) is 0 Å². The largest absolute Gasteiger partial charge is 0.314 e. The van der Waals surface area contributed by atoms with Gasteiger partial charge in [-0.25, -0.2) is 0 Å². The maximum atomic E-state index is 3.57. The minimum Gasteiger partial charge on any atom is -0.314 e. The lowest BCUT2D eigenvalue weighted by Gasteiger charge is -2.21. The number of hydrogen-bond donors (Lipinski definition) is 1. The first-order valence-electron chi connectivity index (χ1n) is 6.51. The molecule has 0 radical (unpaired) electrons. The van der Waals surface area contributed by atoms with Crippen molar-refractivity contribution in [1.29, 1.82) is 0 Å². The molecule has 90 valence electrons. The van der Waals surface area contributed by atoms with Gasteiger partial charge in [-0.3, -0.25) is 0 Å². The summed E-state index contributed by atoms with van der Waals surface area (Å²) >= 11 is 0. The van der Waals surface area contributed by atoms with Gasteiger partial charge in [0.05, 0.1) is 0 Å². The highest BCUT2D eigenvalue weighted by Gasteiger charge is 2.10. The molecule has 0 fully saturated rings. The van der Waals surface area contributed by atoms with Crippen LogP contribution in [0.15, 0.2) is 30.3 Å². The molecule has 1 atom stereocenters. The second-order valence-corrected chi connectivity index (χ2v) is 4.79. The van der Waals surface area contributed by atoms with Crippen molar-refractivity contribution in [3.63, 3.8) is 0 Å². The molecule has 1 aromatic rings. The van der Waals surface area contributed by atoms with E-state index in [9.17, 15) is 0 Å². The van der Waals surface area contributed by atoms with Gasteiger partial charge in [0.15, 0.2) is 0 Å². The van der Waals surface area contributed by atoms with Crippen LogP contribution in [0.5, 0.6) is 0 Å². The molecule has 1 rings (SSSR count). The average Bonchev–Trinajstić information content (AvgIpc) is 2.29. The fourth-order valence-corrected chi connectivity index (χ4v) is 2.10. The van der Waals surface area contributed by atoms with Crippen LogP contribution in [0, 0.1) is 5.92 Å². The molecule has 1 heteroatoms. The van der Waals surface area contributed by atoms with Gasteiger partial charge >= 0.3 is 0 Å². The topological polar surface area (TPSA) is 12.0 Å². The Morgan fingerprint density at radius 1 is 1.12 bits per heavy atom. The van der Waals surface area contributed by atoms with Crippen molar-refractivity contribution in [3.05, 3.63) is 35.9 Å². The zero-order chi connectivity index (χ0) is 11.8. The first kappa shape index (κ1) is 13.2. The quantitative estimate of drug-likeness (QED) is 0.738. The number of rotatable bonds is 7. The summed E-state index contributed by atoms with van der Waals surface area (Å²) < 4.78 is 0. The van der Waals surface area contributed by atoms with E-state index < -0.39 is 0 Å². The number of aryl methyl sites for hydroxylation is 1. The lowest BCUT2D eigenvalue weighted by molar-refractivity contribution is 0.377. The van der Waals surface area contributed by atoms with Crippen molar-refractivity contribution in [2.45, 2.75) is 46.1 Å². The molecule has 0 aliphatic carbocycles. The molecule has 1 nitrogen and oxygen atoms in total. The summed E-state index contributed by atoms with van der Waals surface area (Å²) in [6.07, 6.45) is 3.76. The highest BCUT2D eigenvalue weighted by Crippen LogP contribution is 2.11. The van der Waals surface area contributed by atoms with Crippen LogP contribution >= 0.6 is 0 Å². The Balaban J connectivity index is 2.28. The first-order valence-corrected chi connectivity index (χ1v) is 6.51. The Morgan fingerprint density at radius 2 is 1.81 bits per heavy atom. The van der Waals surface area contributed by atoms with Crippen LogP contribution in [0.4, 0.5) is 0 Å². The van der Waals surface area contributed by atoms with E-state index in [2.05, 4.69) is 56.4 Å². The second-order valence-electron chi connectivity index (χ2n) is 4.79. The smallest absolute Gasteiger partial charge is 0.00900 e. The lowest BCUT2D eigenvalue weighted by Crippen LogP contribution is -2.33. The van der Waals surface area contributed by atoms with Crippen molar-refractivity contribution in [3.8, 4) is 0 Å². The van der Waals surface area contributed by atoms with E-state index in [1.807, 2.05) is 0 Å². The summed E-state index contributed by atoms with van der Waals surface area (Å²) in [4.78, 5) is 0. The molecule has 0 spiro atoms. The summed E-state index contributed by atoms with van der Waals surface area (Å²) in [5.74, 6) is 0.732. The molecule has 0 heterocycles. The SMILES string of the molecule is CCNC(CCCc1ccccc1)C(C)C. The Bertz CT molecular complexity index is 266. The van der Waals surface area contributed by atoms with E-state index in [0.717, 1.165) is 12.5 Å². The molecule has 0 saturated carbocycles. The fourth-order valence-electron chi connectivity index (χ4n) is 2.10. The number of benzene rings is 1. The summed E-state index contributed by atoms with van der Waals surface area (Å²) in [7, 11) is 0. The van der Waals surface area contributed by atoms with E-state index in [-0.39, 0.29) is 0 Å². The molecule has 0 amide bonds. The van der Waals surface area contributed by atoms with E-state index in [1.165, 1.54) is 24.8 Å². The van der Waals surface area contributed by atoms with Gasteiger partial charge in [-0.1, -0.05) is 51.1 Å². The first-order chi connectivity index (χ1) is 7.74. The Morgan fingerprint density at radius 3 is 2.38 bits per heavy atom. The molecule has 0 aromatic heterocycles. The van der Waals surface area contributed by atoms with Crippen LogP contribution in [-0.4, -0.2) is 12.6 Å². The van der Waals surface area contributed by atoms with Gasteiger partial charge in [-0.05, 0) is 37.3 Å². The molecule has 0 aliphatic rings. The maximum Gasteiger partial charge on any atom is 0.00900 e. The second kappa shape index (κ2) is 7.45. The summed E-state index contributed by atoms with van der Waals surface area (Å²) in [6.45, 7) is 7.87. The van der Waals surface area contributed by atoms with Crippen molar-refractivity contribution < 1.29 is 0 Å². The van der Waals surface area contributed by atoms with Gasteiger partial charge in [0.1, 0.15) is 0 Å². The van der Waals surface area contributed by atoms with E-state index in [0.29, 0.717) is 6.04 Å². The molecule has 0 bridgehead atoms. The molecular formula is C15H25N. The highest BCUT2D eigenvalue weighted by atomic mass is 14.9. The van der Waals surface area contributed by atoms with Gasteiger partial charge in [0, 0.05) is 6.04 Å². The van der Waals surface area contributed by atoms with Crippen LogP contribution in [0.25, 0.3) is 0 Å². The van der Waals surface area contributed by atoms with Gasteiger partial charge < -0.3 is 5.32 Å². The predicted molar refractivity (Wildman–Crippen MR) is 71.7 cm³/mol. The highest BCUT2D eigenvalue weighted by molar-refractivity contribution is 5.14. The fraction of sp³-hybridized carbons (Fsp3) is 0.600. The van der Waals surface area contributed by atoms with Crippen LogP contribution in [-0.2, 0) is 6.42 Å². The maximum absolute atomic E-state index is 3.57. The van der Waals surface area contributed by atoms with Crippen LogP contribution in [0.1, 0.15) is 39.2 Å². The lowest BCUT2D eigenvalue weighted by atomic mass is 9.97. The average molecular weight is 219 g/mol. The van der Waals surface area contributed by atoms with E-state index in [1.54, 1.807) is 0 Å². The van der Waals surface area contributed by atoms with Gasteiger partial charge in [-0.2, -0.15) is 0 Å². The summed E-state index contributed by atoms with van der Waals surface area (Å²) in [5.41, 5.74) is 1.46. The normalized spacial score (nSPS) is 13.0. The van der Waals surface area contributed by atoms with E-state index >= 15 is 0 Å². The number of hydrogen-bond acceptors (Lipinski definition) is 1. The third kappa shape index (κ3) is 4.80. The van der Waals surface area contributed by atoms with Gasteiger partial charge in [0.25, 0.3) is 0 Å². The van der Waals surface area contributed by atoms with Crippen molar-refractivity contribution in [2.24, 2.45) is 5.92 Å². The molecule has 1 unspecified atom stereocenters. The Hall–Kier alpha value is -0.820. The molecule has 1 N–H and O–H groups in total. The summed E-state index contributed by atoms with van der Waals surface area (Å²) in [6, 6.07) is 11.4. The molecule has 0 aliphatic heterocycles. The van der Waals surface area contributed by atoms with Crippen LogP contribution in [0.3, 0.4) is 0 Å². The monoisotopic (exact) mass is 219 g/mol. The zero-order valence-electron chi connectivity index (χ0n) is 10.9. The molecule has 0 saturated heterocycles. The van der Waals surface area contributed by atoms with Gasteiger partial charge in [0.2, 0.25) is 0 Å². The summed E-state index contributed by atoms with van der Waals surface area (Å²) in [5, 5.41) is 3.57. The minimum absolute atomic E-state index is 0.675. The third-order valence-corrected chi connectivity index (χ3v) is 3.09. The van der Waals surface area contributed by atoms with Crippen molar-refractivity contribution in [2.75, 3.05) is 6.54 Å². The van der Waals surface area contributed by atoms with Crippen LogP contribution < -0.4 is 5.32 Å². The number of nitrogens with one attached hydrogen (secondary N) is 1. The van der Waals surface area contributed by atoms with Crippen molar-refractivity contribution in [1.82, 2.24) is 5.32 Å². The standard InChI is InChI=1S/C15H25N/c1-4-16-15(13(2)3)12-8-11-14-9-6-5-7-10-14/h5-7,9-10,13,15-16H,4,8,11-12H2,1-3H3. The van der Waals surface area contributed by atoms with Gasteiger partial charge in [-0.15, -0.1) is 0 Å². The zero-order valence-corrected chi connectivity index (χ0v) is 10.9. The minimum atomic E-state index is 0.675. The molecule has 16 heavy (non-hydrogen) atoms. The van der Waals surface area contributed by atoms with Crippen molar-refractivity contribution >= 4 is 0 Å². The Kier molecular flexibility index (Phi) is 6.17. The molecule has 1 aromatic carbocycles. The Labute approximate surface area is 100 Å². The molecular weight excluding hydrogens is 194 g/mol. The third-order valence-electron chi connectivity index (χ3n) is 3.09. The predicted octanol–water partition coefficient (Wildman–Crippen LogP) is 3.64.